The van der Waals surface area contributed by atoms with Crippen LogP contribution in [0, 0.1) is 23.4 Å². The molecule has 1 aromatic carbocycles. The second kappa shape index (κ2) is 9.95. The summed E-state index contributed by atoms with van der Waals surface area (Å²) in [6.07, 6.45) is 2.10. The molecule has 0 spiro atoms. The highest BCUT2D eigenvalue weighted by Crippen LogP contribution is 2.28. The highest BCUT2D eigenvalue weighted by Gasteiger charge is 2.32. The summed E-state index contributed by atoms with van der Waals surface area (Å²) in [4.78, 5) is 17.0. The van der Waals surface area contributed by atoms with E-state index in [1.807, 2.05) is 17.0 Å². The molecular weight excluding hydrogens is 423 g/mol. The van der Waals surface area contributed by atoms with Crippen LogP contribution in [0.25, 0.3) is 0 Å². The molecule has 32 heavy (non-hydrogen) atoms. The maximum atomic E-state index is 13.8. The van der Waals surface area contributed by atoms with E-state index in [0.717, 1.165) is 37.5 Å². The SMILES string of the molecule is NCc1ccc(CN2CCC(C(=O)N3CCC(Oc4c(F)cc(F)cc4F)CC3)CC2)o1. The lowest BCUT2D eigenvalue weighted by atomic mass is 9.94. The fourth-order valence-electron chi connectivity index (χ4n) is 4.44. The largest absolute Gasteiger partial charge is 0.484 e. The molecule has 1 aromatic heterocycles. The van der Waals surface area contributed by atoms with Gasteiger partial charge in [-0.25, -0.2) is 13.2 Å². The van der Waals surface area contributed by atoms with Gasteiger partial charge in [0.2, 0.25) is 5.91 Å². The number of nitrogens with two attached hydrogens (primary N) is 1. The highest BCUT2D eigenvalue weighted by molar-refractivity contribution is 5.79. The Kier molecular flexibility index (Phi) is 7.05. The average molecular weight is 451 g/mol. The molecule has 2 aliphatic rings. The first-order valence-electron chi connectivity index (χ1n) is 11.0. The topological polar surface area (TPSA) is 71.9 Å². The van der Waals surface area contributed by atoms with Gasteiger partial charge in [-0.3, -0.25) is 9.69 Å². The molecule has 174 valence electrons. The summed E-state index contributed by atoms with van der Waals surface area (Å²) in [5, 5.41) is 0. The van der Waals surface area contributed by atoms with Gasteiger partial charge in [-0.1, -0.05) is 0 Å². The number of halogens is 3. The van der Waals surface area contributed by atoms with Crippen molar-refractivity contribution in [2.45, 2.75) is 44.9 Å². The number of carbonyl (C=O) groups excluding carboxylic acids is 1. The molecule has 0 saturated carbocycles. The van der Waals surface area contributed by atoms with Crippen molar-refractivity contribution in [2.24, 2.45) is 11.7 Å². The number of ether oxygens (including phenoxy) is 1. The standard InChI is InChI=1S/C23H28F3N3O3/c24-16-11-20(25)22(21(26)12-16)32-17-5-9-29(10-6-17)23(30)15-3-7-28(8-4-15)14-19-2-1-18(13-27)31-19/h1-2,11-12,15,17H,3-10,13-14,27H2. The Balaban J connectivity index is 1.23. The van der Waals surface area contributed by atoms with Crippen LogP contribution in [0.15, 0.2) is 28.7 Å². The lowest BCUT2D eigenvalue weighted by Crippen LogP contribution is -2.47. The summed E-state index contributed by atoms with van der Waals surface area (Å²) in [5.74, 6) is -1.89. The zero-order chi connectivity index (χ0) is 22.7. The van der Waals surface area contributed by atoms with Crippen molar-refractivity contribution in [3.63, 3.8) is 0 Å². The fraction of sp³-hybridized carbons (Fsp3) is 0.522. The van der Waals surface area contributed by atoms with Crippen LogP contribution in [0.5, 0.6) is 5.75 Å². The minimum absolute atomic E-state index is 0.0214. The summed E-state index contributed by atoms with van der Waals surface area (Å²) in [5.41, 5.74) is 5.58. The summed E-state index contributed by atoms with van der Waals surface area (Å²) in [6.45, 7) is 3.67. The van der Waals surface area contributed by atoms with E-state index in [-0.39, 0.29) is 11.8 Å². The molecule has 0 unspecified atom stereocenters. The third-order valence-corrected chi connectivity index (χ3v) is 6.24. The van der Waals surface area contributed by atoms with Crippen LogP contribution in [-0.2, 0) is 17.9 Å². The van der Waals surface area contributed by atoms with Crippen LogP contribution < -0.4 is 10.5 Å². The van der Waals surface area contributed by atoms with Crippen LogP contribution >= 0.6 is 0 Å². The molecule has 1 amide bonds. The van der Waals surface area contributed by atoms with Crippen molar-refractivity contribution < 1.29 is 27.1 Å². The number of furan rings is 1. The molecule has 0 radical (unpaired) electrons. The van der Waals surface area contributed by atoms with E-state index in [4.69, 9.17) is 14.9 Å². The lowest BCUT2D eigenvalue weighted by molar-refractivity contribution is -0.139. The second-order valence-corrected chi connectivity index (χ2v) is 8.46. The van der Waals surface area contributed by atoms with Gasteiger partial charge < -0.3 is 19.8 Å². The molecule has 4 rings (SSSR count). The third-order valence-electron chi connectivity index (χ3n) is 6.24. The number of hydrogen-bond donors (Lipinski definition) is 1. The summed E-state index contributed by atoms with van der Waals surface area (Å²) in [7, 11) is 0. The van der Waals surface area contributed by atoms with Crippen molar-refractivity contribution in [2.75, 3.05) is 26.2 Å². The van der Waals surface area contributed by atoms with E-state index in [2.05, 4.69) is 4.90 Å². The summed E-state index contributed by atoms with van der Waals surface area (Å²) < 4.78 is 51.8. The molecule has 6 nitrogen and oxygen atoms in total. The van der Waals surface area contributed by atoms with Crippen LogP contribution in [0.3, 0.4) is 0 Å². The van der Waals surface area contributed by atoms with Crippen molar-refractivity contribution in [1.82, 2.24) is 9.80 Å². The predicted molar refractivity (Wildman–Crippen MR) is 111 cm³/mol. The first kappa shape index (κ1) is 22.7. The Labute approximate surface area is 185 Å². The first-order chi connectivity index (χ1) is 15.4. The normalized spacial score (nSPS) is 18.8. The molecule has 3 heterocycles. The van der Waals surface area contributed by atoms with Gasteiger partial charge in [-0.2, -0.15) is 0 Å². The molecule has 2 aliphatic heterocycles. The summed E-state index contributed by atoms with van der Waals surface area (Å²) >= 11 is 0. The molecule has 0 bridgehead atoms. The van der Waals surface area contributed by atoms with Gasteiger partial charge in [-0.15, -0.1) is 0 Å². The molecule has 0 atom stereocenters. The van der Waals surface area contributed by atoms with E-state index < -0.39 is 29.3 Å². The fourth-order valence-corrected chi connectivity index (χ4v) is 4.44. The molecule has 0 aliphatic carbocycles. The minimum atomic E-state index is -1.05. The van der Waals surface area contributed by atoms with E-state index in [1.165, 1.54) is 0 Å². The number of nitrogens with zero attached hydrogens (tertiary/aromatic N) is 2. The Hall–Kier alpha value is -2.52. The van der Waals surface area contributed by atoms with Crippen LogP contribution in [0.1, 0.15) is 37.2 Å². The number of benzene rings is 1. The number of piperidine rings is 2. The number of rotatable bonds is 6. The van der Waals surface area contributed by atoms with E-state index in [0.29, 0.717) is 51.2 Å². The van der Waals surface area contributed by atoms with Gasteiger partial charge in [0, 0.05) is 44.0 Å². The van der Waals surface area contributed by atoms with E-state index in [1.54, 1.807) is 0 Å². The monoisotopic (exact) mass is 451 g/mol. The van der Waals surface area contributed by atoms with Crippen LogP contribution in [0.4, 0.5) is 13.2 Å². The van der Waals surface area contributed by atoms with Gasteiger partial charge in [0.05, 0.1) is 13.1 Å². The van der Waals surface area contributed by atoms with Crippen LogP contribution in [-0.4, -0.2) is 48.0 Å². The molecule has 9 heteroatoms. The molecular formula is C23H28F3N3O3. The lowest BCUT2D eigenvalue weighted by Gasteiger charge is -2.37. The van der Waals surface area contributed by atoms with Gasteiger partial charge in [0.25, 0.3) is 0 Å². The molecule has 2 aromatic rings. The minimum Gasteiger partial charge on any atom is -0.484 e. The molecule has 2 fully saturated rings. The number of carbonyl (C=O) groups is 1. The molecule has 2 saturated heterocycles. The van der Waals surface area contributed by atoms with Crippen molar-refractivity contribution in [3.8, 4) is 5.75 Å². The van der Waals surface area contributed by atoms with E-state index in [9.17, 15) is 18.0 Å². The quantitative estimate of drug-likeness (QED) is 0.729. The van der Waals surface area contributed by atoms with Crippen molar-refractivity contribution >= 4 is 5.91 Å². The third kappa shape index (κ3) is 5.27. The second-order valence-electron chi connectivity index (χ2n) is 8.46. The van der Waals surface area contributed by atoms with Gasteiger partial charge in [0.15, 0.2) is 17.4 Å². The Morgan fingerprint density at radius 3 is 2.22 bits per heavy atom. The zero-order valence-electron chi connectivity index (χ0n) is 17.9. The maximum Gasteiger partial charge on any atom is 0.225 e. The maximum absolute atomic E-state index is 13.8. The first-order valence-corrected chi connectivity index (χ1v) is 11.0. The highest BCUT2D eigenvalue weighted by atomic mass is 19.1. The molecule has 2 N–H and O–H groups in total. The van der Waals surface area contributed by atoms with E-state index >= 15 is 0 Å². The number of likely N-dealkylation sites (tertiary alicyclic amines) is 2. The Morgan fingerprint density at radius 1 is 1.00 bits per heavy atom. The van der Waals surface area contributed by atoms with Gasteiger partial charge >= 0.3 is 0 Å². The van der Waals surface area contributed by atoms with Crippen molar-refractivity contribution in [1.29, 1.82) is 0 Å². The van der Waals surface area contributed by atoms with Crippen molar-refractivity contribution in [3.05, 3.63) is 53.2 Å². The zero-order valence-corrected chi connectivity index (χ0v) is 17.9. The predicted octanol–water partition coefficient (Wildman–Crippen LogP) is 3.44. The summed E-state index contributed by atoms with van der Waals surface area (Å²) in [6, 6.07) is 5.03. The van der Waals surface area contributed by atoms with Gasteiger partial charge in [0.1, 0.15) is 23.4 Å². The Morgan fingerprint density at radius 2 is 1.62 bits per heavy atom. The Bertz CT molecular complexity index is 913. The number of amides is 1. The number of hydrogen-bond acceptors (Lipinski definition) is 5. The average Bonchev–Trinajstić information content (AvgIpc) is 3.24. The smallest absolute Gasteiger partial charge is 0.225 e. The van der Waals surface area contributed by atoms with Crippen LogP contribution in [0.2, 0.25) is 0 Å². The van der Waals surface area contributed by atoms with Gasteiger partial charge in [-0.05, 0) is 38.1 Å².